The summed E-state index contributed by atoms with van der Waals surface area (Å²) >= 11 is 5.99. The minimum absolute atomic E-state index is 0.314. The normalized spacial score (nSPS) is 12.1. The fourth-order valence-corrected chi connectivity index (χ4v) is 2.18. The van der Waals surface area contributed by atoms with Gasteiger partial charge in [-0.15, -0.1) is 0 Å². The van der Waals surface area contributed by atoms with E-state index in [2.05, 4.69) is 4.98 Å². The van der Waals surface area contributed by atoms with Gasteiger partial charge in [-0.25, -0.2) is 4.39 Å². The van der Waals surface area contributed by atoms with Gasteiger partial charge in [0, 0.05) is 12.4 Å². The van der Waals surface area contributed by atoms with Crippen molar-refractivity contribution in [3.05, 3.63) is 64.7 Å². The first-order chi connectivity index (χ1) is 9.56. The molecule has 3 nitrogen and oxygen atoms in total. The molecule has 0 saturated heterocycles. The highest BCUT2D eigenvalue weighted by Gasteiger charge is 2.19. The molecule has 0 aliphatic carbocycles. The summed E-state index contributed by atoms with van der Waals surface area (Å²) in [5, 5.41) is 9.76. The number of carbonyl (C=O) groups is 1. The van der Waals surface area contributed by atoms with Gasteiger partial charge in [0.2, 0.25) is 0 Å². The van der Waals surface area contributed by atoms with Crippen molar-refractivity contribution in [2.24, 2.45) is 5.92 Å². The van der Waals surface area contributed by atoms with Crippen molar-refractivity contribution in [2.45, 2.75) is 12.8 Å². The van der Waals surface area contributed by atoms with Crippen LogP contribution in [-0.4, -0.2) is 16.1 Å². The maximum atomic E-state index is 12.8. The summed E-state index contributed by atoms with van der Waals surface area (Å²) in [5.41, 5.74) is 1.53. The van der Waals surface area contributed by atoms with E-state index in [1.807, 2.05) is 0 Å². The SMILES string of the molecule is O=C(O)C(Cc1ccc(F)cc1)Cc1ccncc1Cl. The monoisotopic (exact) mass is 293 g/mol. The van der Waals surface area contributed by atoms with Crippen LogP contribution in [-0.2, 0) is 17.6 Å². The molecule has 1 unspecified atom stereocenters. The predicted molar refractivity (Wildman–Crippen MR) is 74.2 cm³/mol. The number of carboxylic acids is 1. The van der Waals surface area contributed by atoms with Crippen molar-refractivity contribution in [3.63, 3.8) is 0 Å². The van der Waals surface area contributed by atoms with E-state index in [0.29, 0.717) is 17.9 Å². The summed E-state index contributed by atoms with van der Waals surface area (Å²) in [4.78, 5) is 15.2. The van der Waals surface area contributed by atoms with E-state index >= 15 is 0 Å². The van der Waals surface area contributed by atoms with Crippen LogP contribution in [0.25, 0.3) is 0 Å². The molecular weight excluding hydrogens is 281 g/mol. The van der Waals surface area contributed by atoms with Crippen molar-refractivity contribution in [3.8, 4) is 0 Å². The third-order valence-electron chi connectivity index (χ3n) is 3.07. The number of carboxylic acid groups (broad SMARTS) is 1. The molecular formula is C15H13ClFNO2. The summed E-state index contributed by atoms with van der Waals surface area (Å²) in [7, 11) is 0. The standard InChI is InChI=1S/C15H13ClFNO2/c16-14-9-18-6-5-11(14)8-12(15(19)20)7-10-1-3-13(17)4-2-10/h1-6,9,12H,7-8H2,(H,19,20). The van der Waals surface area contributed by atoms with E-state index < -0.39 is 11.9 Å². The molecule has 1 aromatic carbocycles. The van der Waals surface area contributed by atoms with Crippen LogP contribution in [0.4, 0.5) is 4.39 Å². The molecule has 5 heteroatoms. The number of aromatic nitrogens is 1. The Morgan fingerprint density at radius 1 is 1.25 bits per heavy atom. The highest BCUT2D eigenvalue weighted by Crippen LogP contribution is 2.20. The zero-order chi connectivity index (χ0) is 14.5. The summed E-state index contributed by atoms with van der Waals surface area (Å²) in [6.07, 6.45) is 3.72. The van der Waals surface area contributed by atoms with Gasteiger partial charge in [0.15, 0.2) is 0 Å². The Bertz CT molecular complexity index is 601. The Hall–Kier alpha value is -1.94. The molecule has 0 radical (unpaired) electrons. The van der Waals surface area contributed by atoms with Crippen molar-refractivity contribution >= 4 is 17.6 Å². The van der Waals surface area contributed by atoms with E-state index in [0.717, 1.165) is 11.1 Å². The van der Waals surface area contributed by atoms with Crippen LogP contribution < -0.4 is 0 Å². The smallest absolute Gasteiger partial charge is 0.307 e. The summed E-state index contributed by atoms with van der Waals surface area (Å²) in [6, 6.07) is 7.56. The van der Waals surface area contributed by atoms with Crippen LogP contribution in [0, 0.1) is 11.7 Å². The molecule has 0 amide bonds. The fourth-order valence-electron chi connectivity index (χ4n) is 1.99. The molecule has 2 aromatic rings. The molecule has 0 spiro atoms. The molecule has 1 aromatic heterocycles. The van der Waals surface area contributed by atoms with Gasteiger partial charge in [-0.3, -0.25) is 9.78 Å². The summed E-state index contributed by atoms with van der Waals surface area (Å²) < 4.78 is 12.8. The second kappa shape index (κ2) is 6.48. The highest BCUT2D eigenvalue weighted by atomic mass is 35.5. The number of aliphatic carboxylic acids is 1. The molecule has 1 heterocycles. The number of pyridine rings is 1. The van der Waals surface area contributed by atoms with E-state index in [-0.39, 0.29) is 5.82 Å². The van der Waals surface area contributed by atoms with Gasteiger partial charge in [-0.2, -0.15) is 0 Å². The van der Waals surface area contributed by atoms with Gasteiger partial charge in [-0.05, 0) is 42.2 Å². The number of benzene rings is 1. The second-order valence-electron chi connectivity index (χ2n) is 4.54. The Balaban J connectivity index is 2.14. The molecule has 0 bridgehead atoms. The Labute approximate surface area is 121 Å². The zero-order valence-corrected chi connectivity index (χ0v) is 11.3. The van der Waals surface area contributed by atoms with Gasteiger partial charge in [0.1, 0.15) is 5.82 Å². The van der Waals surface area contributed by atoms with Crippen molar-refractivity contribution in [2.75, 3.05) is 0 Å². The Kier molecular flexibility index (Phi) is 4.69. The lowest BCUT2D eigenvalue weighted by Crippen LogP contribution is -2.19. The lowest BCUT2D eigenvalue weighted by atomic mass is 9.93. The number of rotatable bonds is 5. The van der Waals surface area contributed by atoms with E-state index in [1.165, 1.54) is 18.3 Å². The number of hydrogen-bond acceptors (Lipinski definition) is 2. The van der Waals surface area contributed by atoms with Crippen LogP contribution in [0.2, 0.25) is 5.02 Å². The minimum Gasteiger partial charge on any atom is -0.481 e. The molecule has 104 valence electrons. The molecule has 1 atom stereocenters. The highest BCUT2D eigenvalue weighted by molar-refractivity contribution is 6.31. The number of nitrogens with zero attached hydrogens (tertiary/aromatic N) is 1. The van der Waals surface area contributed by atoms with E-state index in [1.54, 1.807) is 24.4 Å². The Morgan fingerprint density at radius 2 is 1.95 bits per heavy atom. The topological polar surface area (TPSA) is 50.2 Å². The number of hydrogen-bond donors (Lipinski definition) is 1. The van der Waals surface area contributed by atoms with Crippen LogP contribution in [0.5, 0.6) is 0 Å². The van der Waals surface area contributed by atoms with Gasteiger partial charge < -0.3 is 5.11 Å². The maximum Gasteiger partial charge on any atom is 0.307 e. The average Bonchev–Trinajstić information content (AvgIpc) is 2.42. The van der Waals surface area contributed by atoms with Crippen molar-refractivity contribution in [1.29, 1.82) is 0 Å². The molecule has 0 aliphatic heterocycles. The first-order valence-corrected chi connectivity index (χ1v) is 6.49. The van der Waals surface area contributed by atoms with Crippen LogP contribution in [0.3, 0.4) is 0 Å². The quantitative estimate of drug-likeness (QED) is 0.919. The van der Waals surface area contributed by atoms with Gasteiger partial charge >= 0.3 is 5.97 Å². The number of halogens is 2. The van der Waals surface area contributed by atoms with Crippen molar-refractivity contribution < 1.29 is 14.3 Å². The third-order valence-corrected chi connectivity index (χ3v) is 3.41. The molecule has 2 rings (SSSR count). The average molecular weight is 294 g/mol. The van der Waals surface area contributed by atoms with Crippen LogP contribution in [0.1, 0.15) is 11.1 Å². The second-order valence-corrected chi connectivity index (χ2v) is 4.94. The molecule has 0 aliphatic rings. The van der Waals surface area contributed by atoms with Gasteiger partial charge in [0.05, 0.1) is 10.9 Å². The molecule has 0 saturated carbocycles. The fraction of sp³-hybridized carbons (Fsp3) is 0.200. The first-order valence-electron chi connectivity index (χ1n) is 6.12. The van der Waals surface area contributed by atoms with Crippen molar-refractivity contribution in [1.82, 2.24) is 4.98 Å². The van der Waals surface area contributed by atoms with E-state index in [9.17, 15) is 14.3 Å². The molecule has 1 N–H and O–H groups in total. The third kappa shape index (κ3) is 3.78. The van der Waals surface area contributed by atoms with Crippen LogP contribution in [0.15, 0.2) is 42.7 Å². The first kappa shape index (κ1) is 14.5. The summed E-state index contributed by atoms with van der Waals surface area (Å²) in [5.74, 6) is -1.85. The maximum absolute atomic E-state index is 12.8. The molecule has 20 heavy (non-hydrogen) atoms. The van der Waals surface area contributed by atoms with Crippen LogP contribution >= 0.6 is 11.6 Å². The molecule has 0 fully saturated rings. The summed E-state index contributed by atoms with van der Waals surface area (Å²) in [6.45, 7) is 0. The van der Waals surface area contributed by atoms with E-state index in [4.69, 9.17) is 11.6 Å². The van der Waals surface area contributed by atoms with Gasteiger partial charge in [0.25, 0.3) is 0 Å². The predicted octanol–water partition coefficient (Wildman–Crippen LogP) is 3.36. The largest absolute Gasteiger partial charge is 0.481 e. The lowest BCUT2D eigenvalue weighted by molar-refractivity contribution is -0.141. The zero-order valence-electron chi connectivity index (χ0n) is 10.6. The minimum atomic E-state index is -0.901. The van der Waals surface area contributed by atoms with Gasteiger partial charge in [-0.1, -0.05) is 23.7 Å². The Morgan fingerprint density at radius 3 is 2.55 bits per heavy atom. The lowest BCUT2D eigenvalue weighted by Gasteiger charge is -2.13.